The molecule has 3 nitrogen and oxygen atoms in total. The van der Waals surface area contributed by atoms with Crippen LogP contribution in [0, 0.1) is 0 Å². The van der Waals surface area contributed by atoms with Gasteiger partial charge in [0.15, 0.2) is 4.17 Å². The van der Waals surface area contributed by atoms with E-state index in [9.17, 15) is 9.59 Å². The zero-order valence-electron chi connectivity index (χ0n) is 10.8. The van der Waals surface area contributed by atoms with Gasteiger partial charge in [0.2, 0.25) is 0 Å². The maximum Gasteiger partial charge on any atom is 0.295 e. The normalized spacial score (nSPS) is 10.4. The third-order valence-electron chi connectivity index (χ3n) is 2.61. The van der Waals surface area contributed by atoms with E-state index in [2.05, 4.69) is 0 Å². The van der Waals surface area contributed by atoms with E-state index < -0.39 is 15.3 Å². The second-order valence-corrected chi connectivity index (χ2v) is 6.66. The molecule has 2 aromatic carbocycles. The van der Waals surface area contributed by atoms with Gasteiger partial charge in [0, 0.05) is 5.56 Å². The quantitative estimate of drug-likeness (QED) is 0.742. The van der Waals surface area contributed by atoms with Crippen LogP contribution in [0.4, 0.5) is 10.5 Å². The first-order valence-corrected chi connectivity index (χ1v) is 7.78. The van der Waals surface area contributed by atoms with Gasteiger partial charge in [-0.2, -0.15) is 0 Å². The van der Waals surface area contributed by atoms with Gasteiger partial charge >= 0.3 is 0 Å². The average Bonchev–Trinajstić information content (AvgIpc) is 2.48. The molecule has 0 aromatic heterocycles. The number of benzene rings is 2. The number of thioether (sulfide) groups is 1. The lowest BCUT2D eigenvalue weighted by Gasteiger charge is -2.20. The fourth-order valence-electron chi connectivity index (χ4n) is 1.72. The van der Waals surface area contributed by atoms with Crippen molar-refractivity contribution < 1.29 is 9.59 Å². The SMILES string of the molecule is O=C(SC(Cl)Cl)N(C(=O)c1ccccc1)c1ccccc1. The van der Waals surface area contributed by atoms with Crippen LogP contribution in [0.15, 0.2) is 60.7 Å². The van der Waals surface area contributed by atoms with Crippen LogP contribution in [0.1, 0.15) is 10.4 Å². The molecule has 0 atom stereocenters. The summed E-state index contributed by atoms with van der Waals surface area (Å²) in [7, 11) is 0. The Labute approximate surface area is 136 Å². The zero-order chi connectivity index (χ0) is 15.2. The molecule has 0 saturated carbocycles. The van der Waals surface area contributed by atoms with E-state index in [4.69, 9.17) is 23.2 Å². The number of carbonyl (C=O) groups excluding carboxylic acids is 2. The van der Waals surface area contributed by atoms with Gasteiger partial charge in [0.05, 0.1) is 5.69 Å². The topological polar surface area (TPSA) is 37.4 Å². The molecule has 0 fully saturated rings. The molecule has 0 spiro atoms. The Morgan fingerprint density at radius 3 is 1.95 bits per heavy atom. The van der Waals surface area contributed by atoms with Gasteiger partial charge in [-0.1, -0.05) is 59.6 Å². The highest BCUT2D eigenvalue weighted by Crippen LogP contribution is 2.27. The number of carbonyl (C=O) groups is 2. The van der Waals surface area contributed by atoms with Crippen LogP contribution in [0.3, 0.4) is 0 Å². The number of alkyl halides is 2. The third-order valence-corrected chi connectivity index (χ3v) is 3.71. The second-order valence-electron chi connectivity index (χ2n) is 3.99. The smallest absolute Gasteiger partial charge is 0.268 e. The standard InChI is InChI=1S/C15H11Cl2NO2S/c16-14(17)21-15(20)18(12-9-5-2-6-10-12)13(19)11-7-3-1-4-8-11/h1-10,14H. The summed E-state index contributed by atoms with van der Waals surface area (Å²) >= 11 is 11.9. The molecule has 6 heteroatoms. The number of anilines is 1. The predicted molar refractivity (Wildman–Crippen MR) is 88.2 cm³/mol. The van der Waals surface area contributed by atoms with Crippen molar-refractivity contribution in [2.75, 3.05) is 4.90 Å². The first-order chi connectivity index (χ1) is 10.1. The Kier molecular flexibility index (Phi) is 5.67. The van der Waals surface area contributed by atoms with Crippen molar-refractivity contribution in [2.45, 2.75) is 4.17 Å². The van der Waals surface area contributed by atoms with Crippen LogP contribution in [-0.4, -0.2) is 15.3 Å². The van der Waals surface area contributed by atoms with Gasteiger partial charge in [-0.25, -0.2) is 4.90 Å². The number of hydrogen-bond acceptors (Lipinski definition) is 3. The number of rotatable bonds is 3. The van der Waals surface area contributed by atoms with Crippen molar-refractivity contribution >= 4 is 51.8 Å². The van der Waals surface area contributed by atoms with Gasteiger partial charge in [0.1, 0.15) is 0 Å². The number of nitrogens with zero attached hydrogens (tertiary/aromatic N) is 1. The fourth-order valence-corrected chi connectivity index (χ4v) is 2.62. The van der Waals surface area contributed by atoms with Crippen LogP contribution < -0.4 is 4.90 Å². The van der Waals surface area contributed by atoms with Crippen molar-refractivity contribution in [2.24, 2.45) is 0 Å². The molecule has 2 rings (SSSR count). The summed E-state index contributed by atoms with van der Waals surface area (Å²) in [5.74, 6) is -0.423. The Morgan fingerprint density at radius 1 is 0.905 bits per heavy atom. The molecule has 21 heavy (non-hydrogen) atoms. The number of para-hydroxylation sites is 1. The number of halogens is 2. The summed E-state index contributed by atoms with van der Waals surface area (Å²) in [6, 6.07) is 17.2. The molecule has 0 radical (unpaired) electrons. The van der Waals surface area contributed by atoms with Crippen LogP contribution in [-0.2, 0) is 0 Å². The van der Waals surface area contributed by atoms with E-state index >= 15 is 0 Å². The van der Waals surface area contributed by atoms with Gasteiger partial charge < -0.3 is 0 Å². The summed E-state index contributed by atoms with van der Waals surface area (Å²) in [5.41, 5.74) is 0.883. The molecule has 0 unspecified atom stereocenters. The molecule has 0 aliphatic heterocycles. The van der Waals surface area contributed by atoms with Crippen LogP contribution in [0.2, 0.25) is 0 Å². The number of hydrogen-bond donors (Lipinski definition) is 0. The highest BCUT2D eigenvalue weighted by Gasteiger charge is 2.26. The molecule has 0 bridgehead atoms. The molecule has 2 aromatic rings. The predicted octanol–water partition coefficient (Wildman–Crippen LogP) is 4.95. The summed E-state index contributed by atoms with van der Waals surface area (Å²) in [6.07, 6.45) is 0. The highest BCUT2D eigenvalue weighted by atomic mass is 35.5. The lowest BCUT2D eigenvalue weighted by molar-refractivity contribution is 0.0997. The summed E-state index contributed by atoms with van der Waals surface area (Å²) in [5, 5.41) is -0.523. The largest absolute Gasteiger partial charge is 0.295 e. The molecule has 2 amide bonds. The molecule has 0 N–H and O–H groups in total. The Morgan fingerprint density at radius 2 is 1.43 bits per heavy atom. The van der Waals surface area contributed by atoms with E-state index in [-0.39, 0.29) is 0 Å². The molecule has 0 aliphatic rings. The van der Waals surface area contributed by atoms with Crippen LogP contribution in [0.5, 0.6) is 0 Å². The maximum absolute atomic E-state index is 12.6. The van der Waals surface area contributed by atoms with Gasteiger partial charge in [-0.05, 0) is 36.0 Å². The minimum Gasteiger partial charge on any atom is -0.268 e. The summed E-state index contributed by atoms with van der Waals surface area (Å²) < 4.78 is -0.938. The molecular weight excluding hydrogens is 329 g/mol. The zero-order valence-corrected chi connectivity index (χ0v) is 13.1. The van der Waals surface area contributed by atoms with Gasteiger partial charge in [-0.15, -0.1) is 0 Å². The lowest BCUT2D eigenvalue weighted by Crippen LogP contribution is -2.34. The van der Waals surface area contributed by atoms with Crippen molar-refractivity contribution in [3.05, 3.63) is 66.2 Å². The van der Waals surface area contributed by atoms with Crippen molar-refractivity contribution in [1.82, 2.24) is 0 Å². The summed E-state index contributed by atoms with van der Waals surface area (Å²) in [6.45, 7) is 0. The van der Waals surface area contributed by atoms with E-state index in [1.807, 2.05) is 0 Å². The van der Waals surface area contributed by atoms with Crippen molar-refractivity contribution in [3.63, 3.8) is 0 Å². The molecular formula is C15H11Cl2NO2S. The van der Waals surface area contributed by atoms with Crippen LogP contribution in [0.25, 0.3) is 0 Å². The molecule has 108 valence electrons. The first kappa shape index (κ1) is 15.9. The van der Waals surface area contributed by atoms with E-state index in [0.29, 0.717) is 23.0 Å². The maximum atomic E-state index is 12.6. The Balaban J connectivity index is 2.37. The second kappa shape index (κ2) is 7.50. The lowest BCUT2D eigenvalue weighted by atomic mass is 10.2. The van der Waals surface area contributed by atoms with E-state index in [1.54, 1.807) is 60.7 Å². The minimum atomic E-state index is -0.938. The highest BCUT2D eigenvalue weighted by molar-refractivity contribution is 8.16. The Bertz CT molecular complexity index is 620. The number of imide groups is 1. The summed E-state index contributed by atoms with van der Waals surface area (Å²) in [4.78, 5) is 25.9. The fraction of sp³-hybridized carbons (Fsp3) is 0.0667. The molecule has 0 aliphatic carbocycles. The minimum absolute atomic E-state index is 0.413. The molecule has 0 saturated heterocycles. The first-order valence-electron chi connectivity index (χ1n) is 6.03. The monoisotopic (exact) mass is 339 g/mol. The average molecular weight is 340 g/mol. The van der Waals surface area contributed by atoms with Gasteiger partial charge in [0.25, 0.3) is 11.1 Å². The van der Waals surface area contributed by atoms with Crippen molar-refractivity contribution in [1.29, 1.82) is 0 Å². The van der Waals surface area contributed by atoms with Crippen molar-refractivity contribution in [3.8, 4) is 0 Å². The number of amides is 2. The Hall–Kier alpha value is -1.49. The van der Waals surface area contributed by atoms with Crippen LogP contribution >= 0.6 is 35.0 Å². The van der Waals surface area contributed by atoms with Gasteiger partial charge in [-0.3, -0.25) is 9.59 Å². The van der Waals surface area contributed by atoms with E-state index in [1.165, 1.54) is 0 Å². The third kappa shape index (κ3) is 4.24. The molecule has 0 heterocycles. The van der Waals surface area contributed by atoms with E-state index in [0.717, 1.165) is 4.90 Å².